The lowest BCUT2D eigenvalue weighted by Crippen LogP contribution is -2.29. The summed E-state index contributed by atoms with van der Waals surface area (Å²) in [6.07, 6.45) is -2.90. The van der Waals surface area contributed by atoms with Gasteiger partial charge in [0.2, 0.25) is 0 Å². The van der Waals surface area contributed by atoms with E-state index in [0.29, 0.717) is 0 Å². The highest BCUT2D eigenvalue weighted by Gasteiger charge is 2.51. The highest BCUT2D eigenvalue weighted by atomic mass is 32.1. The maximum absolute atomic E-state index is 14.8. The fraction of sp³-hybridized carbons (Fsp3) is 0.556. The molecule has 19 heteroatoms. The first-order chi connectivity index (χ1) is 12.5. The predicted molar refractivity (Wildman–Crippen MR) is 88.9 cm³/mol. The van der Waals surface area contributed by atoms with Crippen LogP contribution >= 0.6 is 35.7 Å². The van der Waals surface area contributed by atoms with Crippen LogP contribution in [-0.4, -0.2) is 41.1 Å². The first kappa shape index (κ1) is 23.7. The number of halogens is 1. The summed E-state index contributed by atoms with van der Waals surface area (Å²) in [6.45, 7) is 1.03. The first-order valence-electron chi connectivity index (χ1n) is 6.98. The molecule has 0 spiro atoms. The molecule has 0 aliphatic carbocycles. The lowest BCUT2D eigenvalue weighted by atomic mass is 10.1. The van der Waals surface area contributed by atoms with Gasteiger partial charge >= 0.3 is 23.5 Å². The molecule has 0 aromatic carbocycles. The number of ether oxygens (including phenoxy) is 1. The fourth-order valence-corrected chi connectivity index (χ4v) is 5.58. The summed E-state index contributed by atoms with van der Waals surface area (Å²) in [7, 11) is -16.8. The lowest BCUT2D eigenvalue weighted by molar-refractivity contribution is -0.119. The molecule has 1 aromatic heterocycles. The molecule has 1 fully saturated rings. The van der Waals surface area contributed by atoms with E-state index in [1.165, 1.54) is 0 Å². The van der Waals surface area contributed by atoms with Crippen LogP contribution in [0, 0.1) is 4.77 Å². The molecule has 1 saturated heterocycles. The Kier molecular flexibility index (Phi) is 6.69. The van der Waals surface area contributed by atoms with E-state index in [-0.39, 0.29) is 4.77 Å². The van der Waals surface area contributed by atoms with Crippen LogP contribution in [0.15, 0.2) is 17.1 Å². The smallest absolute Gasteiger partial charge is 0.325 e. The van der Waals surface area contributed by atoms with Crippen LogP contribution in [0.25, 0.3) is 0 Å². The summed E-state index contributed by atoms with van der Waals surface area (Å²) in [5.41, 5.74) is -2.81. The minimum Gasteiger partial charge on any atom is -0.325 e. The third-order valence-corrected chi connectivity index (χ3v) is 7.27. The van der Waals surface area contributed by atoms with E-state index >= 15 is 0 Å². The van der Waals surface area contributed by atoms with Crippen molar-refractivity contribution in [1.82, 2.24) is 9.55 Å². The lowest BCUT2D eigenvalue weighted by Gasteiger charge is -2.23. The SMILES string of the molecule is CC1(F)C[C@@H](OP(=O)(O)OP(=O)(O)OP(=O)(O)O)O[C@H]1n1ccc(=O)[nH]c1=S. The average Bonchev–Trinajstić information content (AvgIpc) is 2.67. The van der Waals surface area contributed by atoms with Crippen LogP contribution in [0.1, 0.15) is 19.6 Å². The van der Waals surface area contributed by atoms with Gasteiger partial charge in [-0.2, -0.15) is 8.62 Å². The van der Waals surface area contributed by atoms with Crippen molar-refractivity contribution >= 4 is 35.7 Å². The molecule has 5 N–H and O–H groups in total. The second-order valence-corrected chi connectivity index (χ2v) is 10.4. The molecular weight excluding hydrogens is 472 g/mol. The summed E-state index contributed by atoms with van der Waals surface area (Å²) in [4.78, 5) is 48.9. The normalized spacial score (nSPS) is 29.9. The Morgan fingerprint density at radius 3 is 2.43 bits per heavy atom. The predicted octanol–water partition coefficient (Wildman–Crippen LogP) is 1.22. The van der Waals surface area contributed by atoms with Crippen LogP contribution in [0.5, 0.6) is 0 Å². The standard InChI is InChI=1S/C9H14FN2O12P3S/c1-9(10)4-6(21-7(9)12-3-2-5(13)11-8(12)28)22-26(17,18)24-27(19,20)23-25(14,15)16/h2-3,6-7H,4H2,1H3,(H,17,18)(H,19,20)(H,11,13,28)(H2,14,15,16)/t6-,7-,9?/m1/s1. The molecule has 0 amide bonds. The van der Waals surface area contributed by atoms with Crippen LogP contribution in [0.3, 0.4) is 0 Å². The van der Waals surface area contributed by atoms with Crippen molar-refractivity contribution in [2.75, 3.05) is 0 Å². The van der Waals surface area contributed by atoms with Crippen molar-refractivity contribution in [2.45, 2.75) is 31.5 Å². The van der Waals surface area contributed by atoms with E-state index < -0.39 is 53.6 Å². The van der Waals surface area contributed by atoms with E-state index in [0.717, 1.165) is 23.8 Å². The van der Waals surface area contributed by atoms with Gasteiger partial charge < -0.3 is 24.3 Å². The number of phosphoric acid groups is 3. The molecule has 0 bridgehead atoms. The average molecular weight is 486 g/mol. The van der Waals surface area contributed by atoms with Crippen LogP contribution in [0.4, 0.5) is 4.39 Å². The second-order valence-electron chi connectivity index (χ2n) is 5.61. The third-order valence-electron chi connectivity index (χ3n) is 3.13. The maximum Gasteiger partial charge on any atom is 0.490 e. The molecule has 3 unspecified atom stereocenters. The van der Waals surface area contributed by atoms with E-state index in [2.05, 4.69) is 18.1 Å². The van der Waals surface area contributed by atoms with E-state index in [4.69, 9.17) is 31.6 Å². The van der Waals surface area contributed by atoms with Gasteiger partial charge in [-0.3, -0.25) is 18.9 Å². The summed E-state index contributed by atoms with van der Waals surface area (Å²) < 4.78 is 66.0. The molecule has 2 heterocycles. The van der Waals surface area contributed by atoms with E-state index in [1.807, 2.05) is 0 Å². The van der Waals surface area contributed by atoms with Crippen LogP contribution < -0.4 is 5.56 Å². The monoisotopic (exact) mass is 486 g/mol. The van der Waals surface area contributed by atoms with Gasteiger partial charge in [0.25, 0.3) is 5.56 Å². The summed E-state index contributed by atoms with van der Waals surface area (Å²) >= 11 is 4.88. The Labute approximate surface area is 160 Å². The molecular formula is C9H14FN2O12P3S. The molecule has 160 valence electrons. The molecule has 1 aromatic rings. The van der Waals surface area contributed by atoms with E-state index in [9.17, 15) is 27.8 Å². The number of hydrogen-bond acceptors (Lipinski definition) is 9. The van der Waals surface area contributed by atoms with Gasteiger partial charge in [-0.1, -0.05) is 0 Å². The highest BCUT2D eigenvalue weighted by Crippen LogP contribution is 2.67. The first-order valence-corrected chi connectivity index (χ1v) is 11.9. The molecule has 14 nitrogen and oxygen atoms in total. The van der Waals surface area contributed by atoms with Crippen LogP contribution in [0.2, 0.25) is 0 Å². The molecule has 1 aliphatic rings. The zero-order chi connectivity index (χ0) is 21.5. The maximum atomic E-state index is 14.8. The Morgan fingerprint density at radius 2 is 1.89 bits per heavy atom. The van der Waals surface area contributed by atoms with Crippen molar-refractivity contribution in [3.63, 3.8) is 0 Å². The highest BCUT2D eigenvalue weighted by molar-refractivity contribution is 7.71. The van der Waals surface area contributed by atoms with Gasteiger partial charge in [-0.25, -0.2) is 18.1 Å². The number of aromatic nitrogens is 2. The van der Waals surface area contributed by atoms with Gasteiger partial charge in [0, 0.05) is 18.7 Å². The zero-order valence-corrected chi connectivity index (χ0v) is 17.1. The zero-order valence-electron chi connectivity index (χ0n) is 13.6. The Bertz CT molecular complexity index is 1000. The van der Waals surface area contributed by atoms with Crippen molar-refractivity contribution in [3.05, 3.63) is 27.4 Å². The Morgan fingerprint density at radius 1 is 1.29 bits per heavy atom. The third kappa shape index (κ3) is 6.46. The minimum absolute atomic E-state index is 0.222. The van der Waals surface area contributed by atoms with Crippen molar-refractivity contribution in [1.29, 1.82) is 0 Å². The van der Waals surface area contributed by atoms with Gasteiger partial charge in [-0.05, 0) is 19.1 Å². The van der Waals surface area contributed by atoms with Crippen molar-refractivity contribution in [3.8, 4) is 0 Å². The summed E-state index contributed by atoms with van der Waals surface area (Å²) in [6, 6.07) is 1.02. The molecule has 2 rings (SSSR count). The summed E-state index contributed by atoms with van der Waals surface area (Å²) in [5, 5.41) is 0. The minimum atomic E-state index is -5.72. The van der Waals surface area contributed by atoms with Crippen molar-refractivity contribution < 1.29 is 55.5 Å². The van der Waals surface area contributed by atoms with E-state index in [1.54, 1.807) is 0 Å². The number of hydrogen-bond donors (Lipinski definition) is 5. The van der Waals surface area contributed by atoms with Crippen LogP contribution in [-0.2, 0) is 31.6 Å². The molecule has 5 atom stereocenters. The number of nitrogens with one attached hydrogen (secondary N) is 1. The number of phosphoric ester groups is 1. The largest absolute Gasteiger partial charge is 0.490 e. The number of nitrogens with zero attached hydrogens (tertiary/aromatic N) is 1. The fourth-order valence-electron chi connectivity index (χ4n) is 2.24. The Hall–Kier alpha value is -0.600. The van der Waals surface area contributed by atoms with Gasteiger partial charge in [0.1, 0.15) is 0 Å². The van der Waals surface area contributed by atoms with Gasteiger partial charge in [-0.15, -0.1) is 0 Å². The summed E-state index contributed by atoms with van der Waals surface area (Å²) in [5.74, 6) is 0. The molecule has 1 aliphatic heterocycles. The number of aromatic amines is 1. The number of alkyl halides is 1. The molecule has 28 heavy (non-hydrogen) atoms. The van der Waals surface area contributed by atoms with Gasteiger partial charge in [0.15, 0.2) is 23.0 Å². The molecule has 0 saturated carbocycles. The molecule has 0 radical (unpaired) electrons. The number of H-pyrrole nitrogens is 1. The van der Waals surface area contributed by atoms with Gasteiger partial charge in [0.05, 0.1) is 0 Å². The number of rotatable bonds is 7. The second kappa shape index (κ2) is 7.91. The van der Waals surface area contributed by atoms with Crippen molar-refractivity contribution in [2.24, 2.45) is 0 Å². The quantitative estimate of drug-likeness (QED) is 0.272. The Balaban J connectivity index is 2.16. The topological polar surface area (TPSA) is 207 Å².